The number of aliphatic hydroxyl groups is 1. The van der Waals surface area contributed by atoms with Crippen molar-refractivity contribution in [1.29, 1.82) is 0 Å². The molecule has 0 bridgehead atoms. The molecule has 0 amide bonds. The van der Waals surface area contributed by atoms with Crippen LogP contribution in [0.5, 0.6) is 0 Å². The predicted octanol–water partition coefficient (Wildman–Crippen LogP) is 3.80. The summed E-state index contributed by atoms with van der Waals surface area (Å²) in [7, 11) is 0. The third-order valence-electron chi connectivity index (χ3n) is 3.80. The summed E-state index contributed by atoms with van der Waals surface area (Å²) in [5, 5.41) is 16.7. The van der Waals surface area contributed by atoms with Gasteiger partial charge in [-0.05, 0) is 40.9 Å². The second-order valence-electron chi connectivity index (χ2n) is 4.90. The minimum atomic E-state index is -0.343. The number of azide groups is 2. The molecule has 7 nitrogen and oxygen atoms in total. The minimum absolute atomic E-state index is 0.00603. The third-order valence-corrected chi connectivity index (χ3v) is 3.80. The second kappa shape index (κ2) is 6.82. The topological polar surface area (TPSA) is 118 Å². The van der Waals surface area contributed by atoms with Gasteiger partial charge in [0.15, 0.2) is 0 Å². The highest BCUT2D eigenvalue weighted by atomic mass is 16.3. The van der Waals surface area contributed by atoms with E-state index in [1.165, 1.54) is 0 Å². The Labute approximate surface area is 116 Å². The van der Waals surface area contributed by atoms with Gasteiger partial charge < -0.3 is 5.11 Å². The Bertz CT molecular complexity index is 544. The van der Waals surface area contributed by atoms with Crippen molar-refractivity contribution in [1.82, 2.24) is 0 Å². The van der Waals surface area contributed by atoms with Gasteiger partial charge in [-0.2, -0.15) is 0 Å². The van der Waals surface area contributed by atoms with E-state index in [0.29, 0.717) is 0 Å². The number of nitrogens with zero attached hydrogens (tertiary/aromatic N) is 6. The maximum absolute atomic E-state index is 9.07. The van der Waals surface area contributed by atoms with Crippen LogP contribution in [0.15, 0.2) is 34.5 Å². The first-order valence-electron chi connectivity index (χ1n) is 6.58. The number of aliphatic hydroxyl groups excluding tert-OH is 1. The van der Waals surface area contributed by atoms with Gasteiger partial charge >= 0.3 is 0 Å². The van der Waals surface area contributed by atoms with Crippen LogP contribution < -0.4 is 0 Å². The molecule has 1 fully saturated rings. The fourth-order valence-corrected chi connectivity index (χ4v) is 2.80. The van der Waals surface area contributed by atoms with Crippen LogP contribution in [0, 0.1) is 0 Å². The summed E-state index contributed by atoms with van der Waals surface area (Å²) in [6.45, 7) is 0.00603. The third kappa shape index (κ3) is 3.03. The van der Waals surface area contributed by atoms with E-state index in [4.69, 9.17) is 16.2 Å². The van der Waals surface area contributed by atoms with Gasteiger partial charge in [-0.3, -0.25) is 0 Å². The average molecular weight is 272 g/mol. The lowest BCUT2D eigenvalue weighted by molar-refractivity contribution is 0.281. The van der Waals surface area contributed by atoms with Crippen molar-refractivity contribution in [3.05, 3.63) is 56.3 Å². The number of hydrogen-bond donors (Lipinski definition) is 1. The fourth-order valence-electron chi connectivity index (χ4n) is 2.80. The van der Waals surface area contributed by atoms with Gasteiger partial charge in [-0.1, -0.05) is 40.9 Å². The Balaban J connectivity index is 2.30. The normalized spacial score (nSPS) is 25.4. The minimum Gasteiger partial charge on any atom is -0.392 e. The SMILES string of the molecule is [N-]=[N+]=NC1CCCC(c2ccc(CO)cc2)C1N=[N+]=[N-]. The molecule has 0 aliphatic heterocycles. The maximum atomic E-state index is 9.07. The highest BCUT2D eigenvalue weighted by Gasteiger charge is 2.32. The molecule has 3 atom stereocenters. The van der Waals surface area contributed by atoms with E-state index in [2.05, 4.69) is 20.1 Å². The van der Waals surface area contributed by atoms with Gasteiger partial charge in [0, 0.05) is 15.9 Å². The Hall–Kier alpha value is -2.20. The van der Waals surface area contributed by atoms with Gasteiger partial charge in [-0.25, -0.2) is 0 Å². The van der Waals surface area contributed by atoms with Gasteiger partial charge in [0.1, 0.15) is 0 Å². The van der Waals surface area contributed by atoms with Crippen LogP contribution in [-0.4, -0.2) is 17.2 Å². The lowest BCUT2D eigenvalue weighted by atomic mass is 9.77. The smallest absolute Gasteiger partial charge is 0.0681 e. The van der Waals surface area contributed by atoms with E-state index < -0.39 is 0 Å². The highest BCUT2D eigenvalue weighted by Crippen LogP contribution is 2.37. The quantitative estimate of drug-likeness (QED) is 0.500. The molecule has 1 aromatic rings. The van der Waals surface area contributed by atoms with Crippen LogP contribution in [0.4, 0.5) is 0 Å². The summed E-state index contributed by atoms with van der Waals surface area (Å²) in [4.78, 5) is 5.76. The number of rotatable bonds is 4. The molecule has 3 unspecified atom stereocenters. The van der Waals surface area contributed by atoms with Gasteiger partial charge in [0.25, 0.3) is 0 Å². The van der Waals surface area contributed by atoms with E-state index in [0.717, 1.165) is 30.4 Å². The Morgan fingerprint density at radius 3 is 2.40 bits per heavy atom. The summed E-state index contributed by atoms with van der Waals surface area (Å²) in [6, 6.07) is 6.97. The van der Waals surface area contributed by atoms with E-state index in [9.17, 15) is 0 Å². The van der Waals surface area contributed by atoms with Gasteiger partial charge in [0.2, 0.25) is 0 Å². The van der Waals surface area contributed by atoms with E-state index in [-0.39, 0.29) is 24.6 Å². The zero-order valence-corrected chi connectivity index (χ0v) is 11.0. The van der Waals surface area contributed by atoms with E-state index in [1.54, 1.807) is 0 Å². The molecule has 0 saturated heterocycles. The van der Waals surface area contributed by atoms with Crippen LogP contribution in [0.3, 0.4) is 0 Å². The standard InChI is InChI=1S/C13H16N6O/c14-18-16-12-3-1-2-11(13(12)17-19-15)10-6-4-9(8-20)5-7-10/h4-7,11-13,20H,1-3,8H2. The molecule has 1 aliphatic carbocycles. The van der Waals surface area contributed by atoms with Crippen LogP contribution in [-0.2, 0) is 6.61 Å². The van der Waals surface area contributed by atoms with Crippen molar-refractivity contribution in [2.24, 2.45) is 10.2 Å². The molecule has 1 aromatic carbocycles. The molecule has 20 heavy (non-hydrogen) atoms. The fraction of sp³-hybridized carbons (Fsp3) is 0.538. The average Bonchev–Trinajstić information content (AvgIpc) is 2.49. The molecule has 1 saturated carbocycles. The van der Waals surface area contributed by atoms with Crippen molar-refractivity contribution >= 4 is 0 Å². The largest absolute Gasteiger partial charge is 0.392 e. The van der Waals surface area contributed by atoms with Gasteiger partial charge in [0.05, 0.1) is 12.6 Å². The molecule has 1 N–H and O–H groups in total. The summed E-state index contributed by atoms with van der Waals surface area (Å²) < 4.78 is 0. The maximum Gasteiger partial charge on any atom is 0.0681 e. The predicted molar refractivity (Wildman–Crippen MR) is 74.8 cm³/mol. The summed E-state index contributed by atoms with van der Waals surface area (Å²) in [6.07, 6.45) is 2.59. The van der Waals surface area contributed by atoms with E-state index in [1.807, 2.05) is 24.3 Å². The van der Waals surface area contributed by atoms with E-state index >= 15 is 0 Å². The molecule has 0 aromatic heterocycles. The Kier molecular flexibility index (Phi) is 4.85. The lowest BCUT2D eigenvalue weighted by Gasteiger charge is -2.33. The first-order chi connectivity index (χ1) is 9.80. The first kappa shape index (κ1) is 14.2. The lowest BCUT2D eigenvalue weighted by Crippen LogP contribution is -2.33. The highest BCUT2D eigenvalue weighted by molar-refractivity contribution is 5.27. The molecule has 2 rings (SSSR count). The van der Waals surface area contributed by atoms with Crippen LogP contribution in [0.25, 0.3) is 20.9 Å². The summed E-state index contributed by atoms with van der Waals surface area (Å²) >= 11 is 0. The second-order valence-corrected chi connectivity index (χ2v) is 4.90. The zero-order valence-electron chi connectivity index (χ0n) is 11.0. The van der Waals surface area contributed by atoms with Gasteiger partial charge in [-0.15, -0.1) is 0 Å². The molecule has 0 spiro atoms. The van der Waals surface area contributed by atoms with Crippen LogP contribution >= 0.6 is 0 Å². The molecular weight excluding hydrogens is 256 g/mol. The molecule has 104 valence electrons. The van der Waals surface area contributed by atoms with Crippen molar-refractivity contribution < 1.29 is 5.11 Å². The molecule has 7 heteroatoms. The van der Waals surface area contributed by atoms with Crippen molar-refractivity contribution in [3.63, 3.8) is 0 Å². The molecule has 0 radical (unpaired) electrons. The first-order valence-corrected chi connectivity index (χ1v) is 6.58. The number of hydrogen-bond acceptors (Lipinski definition) is 3. The molecular formula is C13H16N6O. The Morgan fingerprint density at radius 1 is 1.10 bits per heavy atom. The number of benzene rings is 1. The van der Waals surface area contributed by atoms with Crippen LogP contribution in [0.1, 0.15) is 36.3 Å². The summed E-state index contributed by atoms with van der Waals surface area (Å²) in [5.41, 5.74) is 19.3. The van der Waals surface area contributed by atoms with Crippen molar-refractivity contribution in [2.45, 2.75) is 43.9 Å². The monoisotopic (exact) mass is 272 g/mol. The Morgan fingerprint density at radius 2 is 1.80 bits per heavy atom. The molecule has 0 heterocycles. The van der Waals surface area contributed by atoms with Crippen molar-refractivity contribution in [3.8, 4) is 0 Å². The van der Waals surface area contributed by atoms with Crippen LogP contribution in [0.2, 0.25) is 0 Å². The van der Waals surface area contributed by atoms with Crippen molar-refractivity contribution in [2.75, 3.05) is 0 Å². The summed E-state index contributed by atoms with van der Waals surface area (Å²) in [5.74, 6) is 0.0582. The molecule has 1 aliphatic rings. The zero-order chi connectivity index (χ0) is 14.4.